The molecule has 0 N–H and O–H groups in total. The maximum atomic E-state index is 12.9. The third-order valence-corrected chi connectivity index (χ3v) is 5.18. The van der Waals surface area contributed by atoms with E-state index < -0.39 is 10.0 Å². The van der Waals surface area contributed by atoms with E-state index in [1.807, 2.05) is 37.3 Å². The molecule has 114 valence electrons. The summed E-state index contributed by atoms with van der Waals surface area (Å²) in [5.41, 5.74) is 2.44. The van der Waals surface area contributed by atoms with Crippen LogP contribution in [0.1, 0.15) is 11.1 Å². The standard InChI is InChI=1S/C17H13N3O2S/c1-13-5-2-3-7-16(13)17-9-14(10-18)12-20(17)23(21,22)15-6-4-8-19-11-15/h2-9,11-12H,1H3. The van der Waals surface area contributed by atoms with Crippen molar-refractivity contribution < 1.29 is 8.42 Å². The Morgan fingerprint density at radius 3 is 2.61 bits per heavy atom. The van der Waals surface area contributed by atoms with Crippen LogP contribution in [0.5, 0.6) is 0 Å². The Hall–Kier alpha value is -2.91. The molecule has 0 atom stereocenters. The van der Waals surface area contributed by atoms with Crippen molar-refractivity contribution in [3.8, 4) is 17.3 Å². The first-order valence-corrected chi connectivity index (χ1v) is 8.32. The summed E-state index contributed by atoms with van der Waals surface area (Å²) in [6.07, 6.45) is 4.14. The molecule has 0 saturated carbocycles. The van der Waals surface area contributed by atoms with Gasteiger partial charge in [0, 0.05) is 24.2 Å². The van der Waals surface area contributed by atoms with E-state index in [-0.39, 0.29) is 10.5 Å². The highest BCUT2D eigenvalue weighted by molar-refractivity contribution is 7.90. The number of pyridine rings is 1. The fourth-order valence-electron chi connectivity index (χ4n) is 2.37. The van der Waals surface area contributed by atoms with Gasteiger partial charge in [-0.05, 0) is 30.7 Å². The highest BCUT2D eigenvalue weighted by Crippen LogP contribution is 2.28. The van der Waals surface area contributed by atoms with Crippen LogP contribution in [0.15, 0.2) is 66.0 Å². The molecule has 1 aromatic carbocycles. The molecule has 2 heterocycles. The van der Waals surface area contributed by atoms with Gasteiger partial charge in [0.1, 0.15) is 11.0 Å². The van der Waals surface area contributed by atoms with E-state index >= 15 is 0 Å². The molecule has 0 amide bonds. The first-order chi connectivity index (χ1) is 11.0. The molecular weight excluding hydrogens is 310 g/mol. The van der Waals surface area contributed by atoms with Crippen LogP contribution < -0.4 is 0 Å². The first kappa shape index (κ1) is 15.0. The van der Waals surface area contributed by atoms with Gasteiger partial charge in [-0.3, -0.25) is 4.98 Å². The summed E-state index contributed by atoms with van der Waals surface area (Å²) in [6, 6.07) is 14.1. The van der Waals surface area contributed by atoms with Crippen LogP contribution in [0.4, 0.5) is 0 Å². The van der Waals surface area contributed by atoms with Gasteiger partial charge < -0.3 is 0 Å². The van der Waals surface area contributed by atoms with Crippen LogP contribution in [0.25, 0.3) is 11.3 Å². The van der Waals surface area contributed by atoms with Gasteiger partial charge >= 0.3 is 0 Å². The molecule has 0 aliphatic heterocycles. The summed E-state index contributed by atoms with van der Waals surface area (Å²) in [4.78, 5) is 3.94. The average Bonchev–Trinajstić information content (AvgIpc) is 3.01. The molecule has 0 aliphatic rings. The van der Waals surface area contributed by atoms with Crippen LogP contribution in [0.3, 0.4) is 0 Å². The van der Waals surface area contributed by atoms with Gasteiger partial charge in [0.05, 0.1) is 11.3 Å². The first-order valence-electron chi connectivity index (χ1n) is 6.88. The molecule has 0 spiro atoms. The number of benzene rings is 1. The molecule has 6 heteroatoms. The normalized spacial score (nSPS) is 11.1. The summed E-state index contributed by atoms with van der Waals surface area (Å²) >= 11 is 0. The fourth-order valence-corrected chi connectivity index (χ4v) is 3.71. The van der Waals surface area contributed by atoms with Gasteiger partial charge in [-0.1, -0.05) is 24.3 Å². The number of hydrogen-bond acceptors (Lipinski definition) is 4. The quantitative estimate of drug-likeness (QED) is 0.742. The van der Waals surface area contributed by atoms with Crippen molar-refractivity contribution in [2.75, 3.05) is 0 Å². The van der Waals surface area contributed by atoms with Gasteiger partial charge in [-0.15, -0.1) is 0 Å². The number of hydrogen-bond donors (Lipinski definition) is 0. The van der Waals surface area contributed by atoms with E-state index in [0.717, 1.165) is 15.1 Å². The second kappa shape index (κ2) is 5.71. The summed E-state index contributed by atoms with van der Waals surface area (Å²) in [7, 11) is -3.82. The van der Waals surface area contributed by atoms with Gasteiger partial charge in [0.25, 0.3) is 10.0 Å². The van der Waals surface area contributed by atoms with E-state index in [9.17, 15) is 8.42 Å². The molecule has 0 saturated heterocycles. The minimum atomic E-state index is -3.82. The Morgan fingerprint density at radius 2 is 1.96 bits per heavy atom. The van der Waals surface area contributed by atoms with Crippen LogP contribution in [-0.2, 0) is 10.0 Å². The molecule has 0 aliphatic carbocycles. The lowest BCUT2D eigenvalue weighted by Gasteiger charge is -2.11. The van der Waals surface area contributed by atoms with Crippen molar-refractivity contribution in [1.29, 1.82) is 5.26 Å². The van der Waals surface area contributed by atoms with Crippen LogP contribution >= 0.6 is 0 Å². The smallest absolute Gasteiger partial charge is 0.263 e. The molecule has 23 heavy (non-hydrogen) atoms. The zero-order valence-corrected chi connectivity index (χ0v) is 13.2. The van der Waals surface area contributed by atoms with Crippen LogP contribution in [-0.4, -0.2) is 17.4 Å². The highest BCUT2D eigenvalue weighted by atomic mass is 32.2. The predicted octanol–water partition coefficient (Wildman–Crippen LogP) is 2.97. The Labute approximate surface area is 134 Å². The molecule has 3 aromatic rings. The Balaban J connectivity index is 2.28. The second-order valence-corrected chi connectivity index (χ2v) is 6.85. The lowest BCUT2D eigenvalue weighted by atomic mass is 10.1. The zero-order valence-electron chi connectivity index (χ0n) is 12.3. The largest absolute Gasteiger partial charge is 0.269 e. The molecule has 0 bridgehead atoms. The second-order valence-electron chi connectivity index (χ2n) is 5.03. The minimum absolute atomic E-state index is 0.0786. The zero-order chi connectivity index (χ0) is 16.4. The molecule has 2 aromatic heterocycles. The third-order valence-electron chi connectivity index (χ3n) is 3.53. The van der Waals surface area contributed by atoms with Crippen molar-refractivity contribution >= 4 is 10.0 Å². The van der Waals surface area contributed by atoms with E-state index in [4.69, 9.17) is 5.26 Å². The fraction of sp³-hybridized carbons (Fsp3) is 0.0588. The molecular formula is C17H13N3O2S. The third kappa shape index (κ3) is 2.62. The van der Waals surface area contributed by atoms with E-state index in [2.05, 4.69) is 4.98 Å². The number of nitriles is 1. The Bertz CT molecular complexity index is 1000. The van der Waals surface area contributed by atoms with Crippen molar-refractivity contribution in [2.24, 2.45) is 0 Å². The van der Waals surface area contributed by atoms with Gasteiger partial charge in [0.2, 0.25) is 0 Å². The van der Waals surface area contributed by atoms with Crippen molar-refractivity contribution in [2.45, 2.75) is 11.8 Å². The van der Waals surface area contributed by atoms with Gasteiger partial charge in [-0.25, -0.2) is 12.4 Å². The SMILES string of the molecule is Cc1ccccc1-c1cc(C#N)cn1S(=O)(=O)c1cccnc1. The minimum Gasteiger partial charge on any atom is -0.263 e. The number of aromatic nitrogens is 2. The molecule has 0 fully saturated rings. The molecule has 3 rings (SSSR count). The molecule has 5 nitrogen and oxygen atoms in total. The summed E-state index contributed by atoms with van der Waals surface area (Å²) in [5.74, 6) is 0. The van der Waals surface area contributed by atoms with Gasteiger partial charge in [0.15, 0.2) is 0 Å². The Morgan fingerprint density at radius 1 is 1.17 bits per heavy atom. The topological polar surface area (TPSA) is 75.8 Å². The maximum Gasteiger partial charge on any atom is 0.269 e. The summed E-state index contributed by atoms with van der Waals surface area (Å²) in [5, 5.41) is 9.16. The number of aryl methyl sites for hydroxylation is 1. The van der Waals surface area contributed by atoms with Crippen molar-refractivity contribution in [3.63, 3.8) is 0 Å². The lowest BCUT2D eigenvalue weighted by molar-refractivity contribution is 0.587. The summed E-state index contributed by atoms with van der Waals surface area (Å²) < 4.78 is 26.9. The average molecular weight is 323 g/mol. The van der Waals surface area contributed by atoms with Crippen LogP contribution in [0, 0.1) is 18.3 Å². The monoisotopic (exact) mass is 323 g/mol. The van der Waals surface area contributed by atoms with Crippen LogP contribution in [0.2, 0.25) is 0 Å². The Kier molecular flexibility index (Phi) is 3.72. The predicted molar refractivity (Wildman–Crippen MR) is 86.1 cm³/mol. The van der Waals surface area contributed by atoms with Gasteiger partial charge in [-0.2, -0.15) is 5.26 Å². The van der Waals surface area contributed by atoms with E-state index in [1.54, 1.807) is 12.1 Å². The van der Waals surface area contributed by atoms with Crippen molar-refractivity contribution in [1.82, 2.24) is 8.96 Å². The van der Waals surface area contributed by atoms with E-state index in [0.29, 0.717) is 5.69 Å². The lowest BCUT2D eigenvalue weighted by Crippen LogP contribution is -2.13. The number of nitrogens with zero attached hydrogens (tertiary/aromatic N) is 3. The van der Waals surface area contributed by atoms with Crippen molar-refractivity contribution in [3.05, 3.63) is 72.2 Å². The molecule has 0 unspecified atom stereocenters. The number of rotatable bonds is 3. The highest BCUT2D eigenvalue weighted by Gasteiger charge is 2.22. The van der Waals surface area contributed by atoms with E-state index in [1.165, 1.54) is 24.7 Å². The maximum absolute atomic E-state index is 12.9. The summed E-state index contributed by atoms with van der Waals surface area (Å²) in [6.45, 7) is 1.90. The molecule has 0 radical (unpaired) electrons.